The van der Waals surface area contributed by atoms with Crippen LogP contribution in [0.2, 0.25) is 0 Å². The first-order chi connectivity index (χ1) is 16.9. The van der Waals surface area contributed by atoms with Crippen LogP contribution in [0.1, 0.15) is 78.0 Å². The normalized spacial score (nSPS) is 29.5. The van der Waals surface area contributed by atoms with Crippen molar-refractivity contribution in [2.75, 3.05) is 33.9 Å². The third-order valence-corrected chi connectivity index (χ3v) is 8.95. The zero-order valence-electron chi connectivity index (χ0n) is 23.5. The van der Waals surface area contributed by atoms with E-state index < -0.39 is 11.1 Å². The number of nitrogens with zero attached hydrogens (tertiary/aromatic N) is 2. The second-order valence-corrected chi connectivity index (χ2v) is 12.7. The highest BCUT2D eigenvalue weighted by atomic mass is 16.5. The Labute approximate surface area is 217 Å². The van der Waals surface area contributed by atoms with Crippen molar-refractivity contribution >= 4 is 5.97 Å². The molecule has 0 aromatic heterocycles. The number of benzene rings is 1. The molecule has 1 aromatic rings. The number of piperidine rings is 1. The van der Waals surface area contributed by atoms with E-state index in [9.17, 15) is 10.0 Å². The van der Waals surface area contributed by atoms with Crippen LogP contribution < -0.4 is 9.47 Å². The number of hydroxylamine groups is 2. The Morgan fingerprint density at radius 2 is 1.78 bits per heavy atom. The maximum atomic E-state index is 13.3. The largest absolute Gasteiger partial charge is 0.493 e. The first-order valence-corrected chi connectivity index (χ1v) is 13.5. The van der Waals surface area contributed by atoms with E-state index in [2.05, 4.69) is 30.9 Å². The summed E-state index contributed by atoms with van der Waals surface area (Å²) in [6.07, 6.45) is 3.67. The molecule has 36 heavy (non-hydrogen) atoms. The smallest absolute Gasteiger partial charge is 0.310 e. The highest BCUT2D eigenvalue weighted by Gasteiger charge is 2.55. The minimum absolute atomic E-state index is 0.189. The Morgan fingerprint density at radius 1 is 1.11 bits per heavy atom. The van der Waals surface area contributed by atoms with Crippen LogP contribution in [0.4, 0.5) is 0 Å². The second-order valence-electron chi connectivity index (χ2n) is 12.7. The molecule has 1 N–H and O–H groups in total. The van der Waals surface area contributed by atoms with Crippen molar-refractivity contribution in [3.05, 3.63) is 23.3 Å². The first-order valence-electron chi connectivity index (χ1n) is 13.5. The summed E-state index contributed by atoms with van der Waals surface area (Å²) in [5, 5.41) is 12.0. The van der Waals surface area contributed by atoms with Crippen molar-refractivity contribution in [3.8, 4) is 11.5 Å². The van der Waals surface area contributed by atoms with Crippen LogP contribution in [0, 0.1) is 23.7 Å². The molecule has 1 unspecified atom stereocenters. The summed E-state index contributed by atoms with van der Waals surface area (Å²) in [4.78, 5) is 15.9. The Kier molecular flexibility index (Phi) is 7.67. The number of rotatable bonds is 7. The van der Waals surface area contributed by atoms with Gasteiger partial charge in [-0.1, -0.05) is 13.8 Å². The number of esters is 1. The fourth-order valence-corrected chi connectivity index (χ4v) is 7.01. The SMILES string of the molecule is COc1cc2c(cc1OC)[C@H]1C[C@@H](COC(=O)C3CC(C)(C)N(O)C3(C)C)[C@H](CC(C)C)CN1CC2. The Balaban J connectivity index is 1.53. The van der Waals surface area contributed by atoms with E-state index in [0.29, 0.717) is 30.8 Å². The molecule has 7 heteroatoms. The lowest BCUT2D eigenvalue weighted by molar-refractivity contribution is -0.200. The number of carbonyl (C=O) groups is 1. The van der Waals surface area contributed by atoms with E-state index in [1.54, 1.807) is 14.2 Å². The molecule has 2 fully saturated rings. The Morgan fingerprint density at radius 3 is 2.36 bits per heavy atom. The van der Waals surface area contributed by atoms with E-state index in [1.165, 1.54) is 16.2 Å². The van der Waals surface area contributed by atoms with Crippen LogP contribution in [0.3, 0.4) is 0 Å². The molecule has 202 valence electrons. The van der Waals surface area contributed by atoms with Crippen LogP contribution in [-0.2, 0) is 16.0 Å². The third kappa shape index (κ3) is 4.99. The average molecular weight is 503 g/mol. The maximum Gasteiger partial charge on any atom is 0.310 e. The summed E-state index contributed by atoms with van der Waals surface area (Å²) in [6.45, 7) is 14.8. The standard InChI is InChI=1S/C29H46N2O5/c1-18(2)11-20-16-30-10-9-19-13-25(34-7)26(35-8)14-22(19)24(30)12-21(20)17-36-27(32)23-15-28(3,4)31(33)29(23,5)6/h13-14,18,20-21,23-24,33H,9-12,15-17H2,1-8H3/t20-,21+,23?,24-/m1/s1. The van der Waals surface area contributed by atoms with Gasteiger partial charge in [0.1, 0.15) is 0 Å². The predicted octanol–water partition coefficient (Wildman–Crippen LogP) is 5.10. The van der Waals surface area contributed by atoms with Gasteiger partial charge < -0.3 is 19.4 Å². The highest BCUT2D eigenvalue weighted by Crippen LogP contribution is 2.47. The molecule has 7 nitrogen and oxygen atoms in total. The summed E-state index contributed by atoms with van der Waals surface area (Å²) in [6, 6.07) is 4.57. The van der Waals surface area contributed by atoms with Crippen LogP contribution >= 0.6 is 0 Å². The molecule has 4 atom stereocenters. The molecular formula is C29H46N2O5. The molecule has 0 saturated carbocycles. The van der Waals surface area contributed by atoms with Gasteiger partial charge in [0, 0.05) is 24.7 Å². The fraction of sp³-hybridized carbons (Fsp3) is 0.759. The van der Waals surface area contributed by atoms with Gasteiger partial charge in [-0.25, -0.2) is 0 Å². The lowest BCUT2D eigenvalue weighted by Gasteiger charge is -2.47. The zero-order valence-corrected chi connectivity index (χ0v) is 23.5. The van der Waals surface area contributed by atoms with Gasteiger partial charge in [0.2, 0.25) is 0 Å². The summed E-state index contributed by atoms with van der Waals surface area (Å²) in [7, 11) is 3.37. The van der Waals surface area contributed by atoms with E-state index in [1.807, 2.05) is 27.7 Å². The molecule has 4 rings (SSSR count). The monoisotopic (exact) mass is 502 g/mol. The number of carbonyl (C=O) groups excluding carboxylic acids is 1. The van der Waals surface area contributed by atoms with Crippen LogP contribution in [0.15, 0.2) is 12.1 Å². The number of methoxy groups -OCH3 is 2. The fourth-order valence-electron chi connectivity index (χ4n) is 7.01. The van der Waals surface area contributed by atoms with Crippen molar-refractivity contribution in [3.63, 3.8) is 0 Å². The molecule has 0 amide bonds. The summed E-state index contributed by atoms with van der Waals surface area (Å²) in [5.74, 6) is 2.37. The van der Waals surface area contributed by atoms with Crippen molar-refractivity contribution in [1.29, 1.82) is 0 Å². The van der Waals surface area contributed by atoms with E-state index in [4.69, 9.17) is 14.2 Å². The van der Waals surface area contributed by atoms with Crippen molar-refractivity contribution in [1.82, 2.24) is 9.96 Å². The summed E-state index contributed by atoms with van der Waals surface area (Å²) in [5.41, 5.74) is 1.53. The minimum Gasteiger partial charge on any atom is -0.493 e. The quantitative estimate of drug-likeness (QED) is 0.520. The third-order valence-electron chi connectivity index (χ3n) is 8.95. The topological polar surface area (TPSA) is 71.5 Å². The average Bonchev–Trinajstić information content (AvgIpc) is 3.00. The van der Waals surface area contributed by atoms with Crippen molar-refractivity contribution < 1.29 is 24.2 Å². The molecule has 0 spiro atoms. The van der Waals surface area contributed by atoms with Gasteiger partial charge in [-0.3, -0.25) is 9.69 Å². The first kappa shape index (κ1) is 27.2. The van der Waals surface area contributed by atoms with Crippen LogP contribution in [-0.4, -0.2) is 66.1 Å². The number of hydrogen-bond donors (Lipinski definition) is 1. The molecule has 3 heterocycles. The molecular weight excluding hydrogens is 456 g/mol. The van der Waals surface area contributed by atoms with Gasteiger partial charge in [0.15, 0.2) is 11.5 Å². The summed E-state index contributed by atoms with van der Waals surface area (Å²) >= 11 is 0. The van der Waals surface area contributed by atoms with Gasteiger partial charge in [-0.2, -0.15) is 5.06 Å². The molecule has 0 radical (unpaired) electrons. The summed E-state index contributed by atoms with van der Waals surface area (Å²) < 4.78 is 17.2. The van der Waals surface area contributed by atoms with Gasteiger partial charge >= 0.3 is 5.97 Å². The Hall–Kier alpha value is -1.83. The number of fused-ring (bicyclic) bond motifs is 3. The molecule has 0 bridgehead atoms. The molecule has 3 aliphatic heterocycles. The molecule has 2 saturated heterocycles. The number of ether oxygens (including phenoxy) is 3. The lowest BCUT2D eigenvalue weighted by atomic mass is 9.74. The second kappa shape index (κ2) is 10.1. The Bertz CT molecular complexity index is 959. The van der Waals surface area contributed by atoms with Crippen molar-refractivity contribution in [2.45, 2.75) is 84.3 Å². The molecule has 1 aromatic carbocycles. The van der Waals surface area contributed by atoms with Gasteiger partial charge in [-0.15, -0.1) is 0 Å². The zero-order chi connectivity index (χ0) is 26.4. The van der Waals surface area contributed by atoms with Gasteiger partial charge in [0.25, 0.3) is 0 Å². The van der Waals surface area contributed by atoms with Crippen molar-refractivity contribution in [2.24, 2.45) is 23.7 Å². The van der Waals surface area contributed by atoms with Crippen LogP contribution in [0.5, 0.6) is 11.5 Å². The minimum atomic E-state index is -0.654. The van der Waals surface area contributed by atoms with E-state index >= 15 is 0 Å². The molecule has 3 aliphatic rings. The van der Waals surface area contributed by atoms with Gasteiger partial charge in [-0.05, 0) is 94.4 Å². The van der Waals surface area contributed by atoms with E-state index in [-0.39, 0.29) is 17.9 Å². The predicted molar refractivity (Wildman–Crippen MR) is 139 cm³/mol. The number of hydrogen-bond acceptors (Lipinski definition) is 7. The maximum absolute atomic E-state index is 13.3. The van der Waals surface area contributed by atoms with E-state index in [0.717, 1.165) is 43.9 Å². The van der Waals surface area contributed by atoms with Gasteiger partial charge in [0.05, 0.1) is 32.3 Å². The molecule has 0 aliphatic carbocycles. The highest BCUT2D eigenvalue weighted by molar-refractivity contribution is 5.74. The van der Waals surface area contributed by atoms with Crippen LogP contribution in [0.25, 0.3) is 0 Å². The lowest BCUT2D eigenvalue weighted by Crippen LogP contribution is -2.49.